The molecule has 4 heteroatoms. The lowest BCUT2D eigenvalue weighted by atomic mass is 9.97. The molecule has 2 nitrogen and oxygen atoms in total. The van der Waals surface area contributed by atoms with E-state index in [1.54, 1.807) is 6.07 Å². The van der Waals surface area contributed by atoms with Gasteiger partial charge in [-0.05, 0) is 5.56 Å². The van der Waals surface area contributed by atoms with Crippen LogP contribution in [0.2, 0.25) is 0 Å². The van der Waals surface area contributed by atoms with Gasteiger partial charge in [-0.25, -0.2) is 8.78 Å². The van der Waals surface area contributed by atoms with Crippen molar-refractivity contribution in [3.8, 4) is 0 Å². The third-order valence-corrected chi connectivity index (χ3v) is 2.03. The van der Waals surface area contributed by atoms with Crippen LogP contribution in [-0.4, -0.2) is 11.7 Å². The number of alkyl halides is 2. The molecule has 3 N–H and O–H groups in total. The van der Waals surface area contributed by atoms with Crippen LogP contribution in [0.3, 0.4) is 0 Å². The van der Waals surface area contributed by atoms with Gasteiger partial charge in [0.2, 0.25) is 0 Å². The normalized spacial score (nSPS) is 14.1. The second-order valence-electron chi connectivity index (χ2n) is 3.26. The molecule has 0 aliphatic rings. The molecule has 0 aliphatic carbocycles. The van der Waals surface area contributed by atoms with E-state index in [1.807, 2.05) is 0 Å². The molecule has 1 aromatic rings. The minimum atomic E-state index is -2.93. The van der Waals surface area contributed by atoms with Gasteiger partial charge in [0, 0.05) is 12.5 Å². The van der Waals surface area contributed by atoms with Crippen LogP contribution in [0.1, 0.15) is 24.1 Å². The lowest BCUT2D eigenvalue weighted by Gasteiger charge is -2.18. The molecule has 0 saturated carbocycles. The van der Waals surface area contributed by atoms with Gasteiger partial charge in [0.15, 0.2) is 0 Å². The van der Waals surface area contributed by atoms with Crippen LogP contribution in [0.4, 0.5) is 8.78 Å². The SMILES string of the molecule is CC(F)(F)c1ccccc1C(N)CO. The summed E-state index contributed by atoms with van der Waals surface area (Å²) in [5, 5.41) is 8.81. The van der Waals surface area contributed by atoms with Crippen molar-refractivity contribution in [1.29, 1.82) is 0 Å². The number of aliphatic hydroxyl groups is 1. The number of aliphatic hydroxyl groups excluding tert-OH is 1. The predicted octanol–water partition coefficient (Wildman–Crippen LogP) is 1.79. The molecule has 0 amide bonds. The molecule has 1 aromatic carbocycles. The Morgan fingerprint density at radius 2 is 2.00 bits per heavy atom. The Morgan fingerprint density at radius 3 is 2.50 bits per heavy atom. The van der Waals surface area contributed by atoms with Crippen LogP contribution in [0, 0.1) is 0 Å². The van der Waals surface area contributed by atoms with Gasteiger partial charge in [-0.2, -0.15) is 0 Å². The Bertz CT molecular complexity index is 309. The minimum absolute atomic E-state index is 0.124. The van der Waals surface area contributed by atoms with Crippen LogP contribution in [-0.2, 0) is 5.92 Å². The quantitative estimate of drug-likeness (QED) is 0.783. The largest absolute Gasteiger partial charge is 0.394 e. The smallest absolute Gasteiger partial charge is 0.270 e. The maximum atomic E-state index is 13.1. The second kappa shape index (κ2) is 4.02. The van der Waals surface area contributed by atoms with Crippen LogP contribution in [0.5, 0.6) is 0 Å². The highest BCUT2D eigenvalue weighted by Gasteiger charge is 2.28. The summed E-state index contributed by atoms with van der Waals surface area (Å²) in [6.07, 6.45) is 0. The Morgan fingerprint density at radius 1 is 1.43 bits per heavy atom. The first-order valence-corrected chi connectivity index (χ1v) is 4.30. The van der Waals surface area contributed by atoms with Crippen LogP contribution in [0.15, 0.2) is 24.3 Å². The van der Waals surface area contributed by atoms with Gasteiger partial charge < -0.3 is 10.8 Å². The van der Waals surface area contributed by atoms with Gasteiger partial charge in [-0.1, -0.05) is 24.3 Å². The molecule has 78 valence electrons. The molecule has 0 heterocycles. The number of nitrogens with two attached hydrogens (primary N) is 1. The number of rotatable bonds is 3. The third-order valence-electron chi connectivity index (χ3n) is 2.03. The summed E-state index contributed by atoms with van der Waals surface area (Å²) < 4.78 is 26.1. The van der Waals surface area contributed by atoms with E-state index in [0.29, 0.717) is 5.56 Å². The van der Waals surface area contributed by atoms with Crippen molar-refractivity contribution in [1.82, 2.24) is 0 Å². The maximum Gasteiger partial charge on any atom is 0.270 e. The highest BCUT2D eigenvalue weighted by atomic mass is 19.3. The van der Waals surface area contributed by atoms with Crippen molar-refractivity contribution in [3.63, 3.8) is 0 Å². The molecule has 1 rings (SSSR count). The number of hydrogen-bond donors (Lipinski definition) is 2. The first-order chi connectivity index (χ1) is 6.46. The van der Waals surface area contributed by atoms with Crippen LogP contribution < -0.4 is 5.73 Å². The Kier molecular flexibility index (Phi) is 3.18. The highest BCUT2D eigenvalue weighted by Crippen LogP contribution is 2.31. The summed E-state index contributed by atoms with van der Waals surface area (Å²) in [5.41, 5.74) is 5.68. The van der Waals surface area contributed by atoms with Crippen LogP contribution >= 0.6 is 0 Å². The first kappa shape index (κ1) is 11.1. The van der Waals surface area contributed by atoms with Crippen molar-refractivity contribution in [2.75, 3.05) is 6.61 Å². The lowest BCUT2D eigenvalue weighted by Crippen LogP contribution is -2.20. The van der Waals surface area contributed by atoms with Crippen molar-refractivity contribution >= 4 is 0 Å². The average Bonchev–Trinajstić information content (AvgIpc) is 2.15. The van der Waals surface area contributed by atoms with Gasteiger partial charge in [0.1, 0.15) is 0 Å². The highest BCUT2D eigenvalue weighted by molar-refractivity contribution is 5.32. The fraction of sp³-hybridized carbons (Fsp3) is 0.400. The van der Waals surface area contributed by atoms with E-state index in [1.165, 1.54) is 18.2 Å². The zero-order valence-electron chi connectivity index (χ0n) is 7.87. The van der Waals surface area contributed by atoms with Crippen molar-refractivity contribution in [2.45, 2.75) is 18.9 Å². The summed E-state index contributed by atoms with van der Waals surface area (Å²) in [7, 11) is 0. The molecule has 0 bridgehead atoms. The van der Waals surface area contributed by atoms with E-state index < -0.39 is 12.0 Å². The summed E-state index contributed by atoms with van der Waals surface area (Å²) in [4.78, 5) is 0. The Hall–Kier alpha value is -1.00. The van der Waals surface area contributed by atoms with Crippen molar-refractivity contribution in [3.05, 3.63) is 35.4 Å². The van der Waals surface area contributed by atoms with E-state index in [9.17, 15) is 8.78 Å². The zero-order chi connectivity index (χ0) is 10.8. The maximum absolute atomic E-state index is 13.1. The molecule has 0 saturated heterocycles. The third kappa shape index (κ3) is 2.27. The molecular formula is C10H13F2NO. The van der Waals surface area contributed by atoms with Gasteiger partial charge in [-0.15, -0.1) is 0 Å². The van der Waals surface area contributed by atoms with E-state index >= 15 is 0 Å². The molecule has 1 atom stereocenters. The molecular weight excluding hydrogens is 188 g/mol. The van der Waals surface area contributed by atoms with E-state index in [4.69, 9.17) is 10.8 Å². The molecule has 1 unspecified atom stereocenters. The van der Waals surface area contributed by atoms with Crippen molar-refractivity contribution < 1.29 is 13.9 Å². The summed E-state index contributed by atoms with van der Waals surface area (Å²) in [6.45, 7) is 0.475. The second-order valence-corrected chi connectivity index (χ2v) is 3.26. The number of halogens is 2. The van der Waals surface area contributed by atoms with Gasteiger partial charge in [0.25, 0.3) is 5.92 Å². The summed E-state index contributed by atoms with van der Waals surface area (Å²) in [5.74, 6) is -2.93. The molecule has 0 aliphatic heterocycles. The molecule has 14 heavy (non-hydrogen) atoms. The predicted molar refractivity (Wildman–Crippen MR) is 50.0 cm³/mol. The summed E-state index contributed by atoms with van der Waals surface area (Å²) in [6, 6.07) is 5.23. The van der Waals surface area contributed by atoms with E-state index in [-0.39, 0.29) is 12.2 Å². The van der Waals surface area contributed by atoms with E-state index in [0.717, 1.165) is 6.92 Å². The number of hydrogen-bond acceptors (Lipinski definition) is 2. The number of benzene rings is 1. The topological polar surface area (TPSA) is 46.2 Å². The molecule has 0 fully saturated rings. The van der Waals surface area contributed by atoms with Gasteiger partial charge >= 0.3 is 0 Å². The Balaban J connectivity index is 3.16. The van der Waals surface area contributed by atoms with Gasteiger partial charge in [0.05, 0.1) is 12.6 Å². The summed E-state index contributed by atoms with van der Waals surface area (Å²) >= 11 is 0. The minimum Gasteiger partial charge on any atom is -0.394 e. The van der Waals surface area contributed by atoms with Crippen molar-refractivity contribution in [2.24, 2.45) is 5.73 Å². The molecule has 0 aromatic heterocycles. The Labute approximate surface area is 81.4 Å². The fourth-order valence-electron chi connectivity index (χ4n) is 1.32. The molecule has 0 radical (unpaired) electrons. The standard InChI is InChI=1S/C10H13F2NO/c1-10(11,12)8-5-3-2-4-7(8)9(13)6-14/h2-5,9,14H,6,13H2,1H3. The fourth-order valence-corrected chi connectivity index (χ4v) is 1.32. The lowest BCUT2D eigenvalue weighted by molar-refractivity contribution is 0.0159. The van der Waals surface area contributed by atoms with Gasteiger partial charge in [-0.3, -0.25) is 0 Å². The van der Waals surface area contributed by atoms with E-state index in [2.05, 4.69) is 0 Å². The first-order valence-electron chi connectivity index (χ1n) is 4.30. The average molecular weight is 201 g/mol. The monoisotopic (exact) mass is 201 g/mol. The molecule has 0 spiro atoms. The zero-order valence-corrected chi connectivity index (χ0v) is 7.87. The van der Waals surface area contributed by atoms with Crippen LogP contribution in [0.25, 0.3) is 0 Å².